The first-order chi connectivity index (χ1) is 13.7. The summed E-state index contributed by atoms with van der Waals surface area (Å²) in [7, 11) is -3.88. The lowest BCUT2D eigenvalue weighted by molar-refractivity contribution is -0.139. The number of nitrogens with zero attached hydrogens (tertiary/aromatic N) is 2. The molecule has 3 rings (SSSR count). The van der Waals surface area contributed by atoms with E-state index in [-0.39, 0.29) is 35.9 Å². The van der Waals surface area contributed by atoms with Gasteiger partial charge in [0.15, 0.2) is 0 Å². The highest BCUT2D eigenvalue weighted by Gasteiger charge is 2.44. The fourth-order valence-electron chi connectivity index (χ4n) is 3.22. The Morgan fingerprint density at radius 2 is 1.93 bits per heavy atom. The van der Waals surface area contributed by atoms with Crippen LogP contribution in [0.4, 0.5) is 5.69 Å². The van der Waals surface area contributed by atoms with Crippen molar-refractivity contribution in [2.75, 3.05) is 4.90 Å². The number of nitrogens with two attached hydrogens (primary N) is 1. The van der Waals surface area contributed by atoms with Crippen LogP contribution in [0.1, 0.15) is 31.1 Å². The maximum absolute atomic E-state index is 13.0. The van der Waals surface area contributed by atoms with Crippen LogP contribution in [-0.4, -0.2) is 37.1 Å². The third-order valence-electron chi connectivity index (χ3n) is 4.61. The lowest BCUT2D eigenvalue weighted by Gasteiger charge is -2.27. The van der Waals surface area contributed by atoms with Crippen LogP contribution in [0.25, 0.3) is 0 Å². The van der Waals surface area contributed by atoms with Gasteiger partial charge in [0.1, 0.15) is 6.04 Å². The predicted molar refractivity (Wildman–Crippen MR) is 108 cm³/mol. The standard InChI is InChI=1S/C19H21N3O5S2/c1-2-4-17(23)21(12-14-5-3-10-28-14)16-11-18(24)22(19(16)25)13-6-8-15(9-7-13)29(20,26)27/h3,5-10,16H,2,4,11-12H2,1H3,(H2,20,26,27). The maximum Gasteiger partial charge on any atom is 0.257 e. The van der Waals surface area contributed by atoms with Crippen molar-refractivity contribution >= 4 is 44.8 Å². The molecule has 0 bridgehead atoms. The number of amides is 3. The Morgan fingerprint density at radius 1 is 1.24 bits per heavy atom. The van der Waals surface area contributed by atoms with Crippen molar-refractivity contribution in [3.05, 3.63) is 46.7 Å². The van der Waals surface area contributed by atoms with Crippen LogP contribution in [0.5, 0.6) is 0 Å². The second kappa shape index (κ2) is 8.44. The van der Waals surface area contributed by atoms with E-state index in [1.807, 2.05) is 24.4 Å². The number of primary sulfonamides is 1. The molecule has 2 aromatic rings. The van der Waals surface area contributed by atoms with Crippen LogP contribution in [-0.2, 0) is 31.0 Å². The molecule has 0 spiro atoms. The monoisotopic (exact) mass is 435 g/mol. The number of rotatable bonds is 7. The molecule has 1 aliphatic rings. The fraction of sp³-hybridized carbons (Fsp3) is 0.316. The van der Waals surface area contributed by atoms with Gasteiger partial charge in [-0.2, -0.15) is 0 Å². The number of hydrogen-bond acceptors (Lipinski definition) is 6. The summed E-state index contributed by atoms with van der Waals surface area (Å²) in [5.74, 6) is -1.12. The molecule has 0 aliphatic carbocycles. The zero-order chi connectivity index (χ0) is 21.2. The summed E-state index contributed by atoms with van der Waals surface area (Å²) >= 11 is 1.48. The summed E-state index contributed by atoms with van der Waals surface area (Å²) in [6, 6.07) is 8.05. The van der Waals surface area contributed by atoms with Crippen molar-refractivity contribution in [1.29, 1.82) is 0 Å². The maximum atomic E-state index is 13.0. The largest absolute Gasteiger partial charge is 0.325 e. The highest BCUT2D eigenvalue weighted by atomic mass is 32.2. The minimum absolute atomic E-state index is 0.114. The molecule has 0 radical (unpaired) electrons. The summed E-state index contributed by atoms with van der Waals surface area (Å²) in [5, 5.41) is 6.97. The van der Waals surface area contributed by atoms with Crippen molar-refractivity contribution in [3.63, 3.8) is 0 Å². The second-order valence-electron chi connectivity index (χ2n) is 6.68. The van der Waals surface area contributed by atoms with Crippen LogP contribution in [0.15, 0.2) is 46.7 Å². The Hall–Kier alpha value is -2.56. The first-order valence-electron chi connectivity index (χ1n) is 9.04. The van der Waals surface area contributed by atoms with Gasteiger partial charge in [0.05, 0.1) is 23.5 Å². The van der Waals surface area contributed by atoms with E-state index in [0.717, 1.165) is 9.78 Å². The van der Waals surface area contributed by atoms with E-state index >= 15 is 0 Å². The van der Waals surface area contributed by atoms with Crippen molar-refractivity contribution in [2.24, 2.45) is 5.14 Å². The van der Waals surface area contributed by atoms with Crippen molar-refractivity contribution in [1.82, 2.24) is 4.90 Å². The van der Waals surface area contributed by atoms with Crippen molar-refractivity contribution in [2.45, 2.75) is 43.7 Å². The van der Waals surface area contributed by atoms with Gasteiger partial charge in [0, 0.05) is 11.3 Å². The van der Waals surface area contributed by atoms with Gasteiger partial charge in [-0.25, -0.2) is 18.5 Å². The van der Waals surface area contributed by atoms with Gasteiger partial charge in [-0.1, -0.05) is 13.0 Å². The van der Waals surface area contributed by atoms with Gasteiger partial charge in [0.2, 0.25) is 21.8 Å². The molecule has 29 heavy (non-hydrogen) atoms. The highest BCUT2D eigenvalue weighted by Crippen LogP contribution is 2.28. The third-order valence-corrected chi connectivity index (χ3v) is 6.40. The Labute approximate surface area is 173 Å². The first-order valence-corrected chi connectivity index (χ1v) is 11.5. The average molecular weight is 436 g/mol. The van der Waals surface area contributed by atoms with Crippen LogP contribution >= 0.6 is 11.3 Å². The number of hydrogen-bond donors (Lipinski definition) is 1. The van der Waals surface area contributed by atoms with E-state index in [9.17, 15) is 22.8 Å². The fourth-order valence-corrected chi connectivity index (χ4v) is 4.43. The first kappa shape index (κ1) is 21.2. The van der Waals surface area contributed by atoms with E-state index < -0.39 is 27.9 Å². The van der Waals surface area contributed by atoms with Crippen molar-refractivity contribution < 1.29 is 22.8 Å². The summed E-state index contributed by atoms with van der Waals surface area (Å²) in [5.41, 5.74) is 0.244. The van der Waals surface area contributed by atoms with Gasteiger partial charge in [0.25, 0.3) is 5.91 Å². The van der Waals surface area contributed by atoms with Crippen molar-refractivity contribution in [3.8, 4) is 0 Å². The smallest absolute Gasteiger partial charge is 0.257 e. The minimum Gasteiger partial charge on any atom is -0.325 e. The summed E-state index contributed by atoms with van der Waals surface area (Å²) in [6.07, 6.45) is 0.802. The summed E-state index contributed by atoms with van der Waals surface area (Å²) in [6.45, 7) is 2.14. The molecular formula is C19H21N3O5S2. The molecule has 1 saturated heterocycles. The number of imide groups is 1. The number of carbonyl (C=O) groups excluding carboxylic acids is 3. The quantitative estimate of drug-likeness (QED) is 0.666. The van der Waals surface area contributed by atoms with E-state index in [0.29, 0.717) is 6.42 Å². The molecule has 1 unspecified atom stereocenters. The highest BCUT2D eigenvalue weighted by molar-refractivity contribution is 7.89. The molecular weight excluding hydrogens is 414 g/mol. The van der Waals surface area contributed by atoms with E-state index in [2.05, 4.69) is 0 Å². The Morgan fingerprint density at radius 3 is 2.48 bits per heavy atom. The summed E-state index contributed by atoms with van der Waals surface area (Å²) in [4.78, 5) is 41.6. The molecule has 2 heterocycles. The molecule has 154 valence electrons. The van der Waals surface area contributed by atoms with Crippen LogP contribution in [0.2, 0.25) is 0 Å². The lowest BCUT2D eigenvalue weighted by Crippen LogP contribution is -2.44. The van der Waals surface area contributed by atoms with Crippen LogP contribution in [0, 0.1) is 0 Å². The number of benzene rings is 1. The minimum atomic E-state index is -3.88. The Balaban J connectivity index is 1.87. The number of thiophene rings is 1. The third kappa shape index (κ3) is 4.55. The van der Waals surface area contributed by atoms with Gasteiger partial charge >= 0.3 is 0 Å². The zero-order valence-electron chi connectivity index (χ0n) is 15.8. The molecule has 3 amide bonds. The molecule has 1 aliphatic heterocycles. The summed E-state index contributed by atoms with van der Waals surface area (Å²) < 4.78 is 22.8. The van der Waals surface area contributed by atoms with Crippen LogP contribution < -0.4 is 10.0 Å². The van der Waals surface area contributed by atoms with Gasteiger partial charge in [-0.3, -0.25) is 14.4 Å². The average Bonchev–Trinajstić information content (AvgIpc) is 3.27. The molecule has 8 nitrogen and oxygen atoms in total. The topological polar surface area (TPSA) is 118 Å². The van der Waals surface area contributed by atoms with E-state index in [1.54, 1.807) is 0 Å². The molecule has 10 heteroatoms. The molecule has 1 fully saturated rings. The van der Waals surface area contributed by atoms with Gasteiger partial charge in [-0.15, -0.1) is 11.3 Å². The molecule has 1 atom stereocenters. The second-order valence-corrected chi connectivity index (χ2v) is 9.27. The number of anilines is 1. The zero-order valence-corrected chi connectivity index (χ0v) is 17.4. The normalized spacial score (nSPS) is 17.0. The molecule has 1 aromatic carbocycles. The van der Waals surface area contributed by atoms with E-state index in [4.69, 9.17) is 5.14 Å². The van der Waals surface area contributed by atoms with Crippen LogP contribution in [0.3, 0.4) is 0 Å². The predicted octanol–water partition coefficient (Wildman–Crippen LogP) is 1.86. The number of carbonyl (C=O) groups is 3. The molecule has 1 aromatic heterocycles. The Kier molecular flexibility index (Phi) is 6.15. The SMILES string of the molecule is CCCC(=O)N(Cc1cccs1)C1CC(=O)N(c2ccc(S(N)(=O)=O)cc2)C1=O. The van der Waals surface area contributed by atoms with E-state index in [1.165, 1.54) is 40.5 Å². The van der Waals surface area contributed by atoms with Gasteiger partial charge < -0.3 is 4.90 Å². The lowest BCUT2D eigenvalue weighted by atomic mass is 10.1. The van der Waals surface area contributed by atoms with Gasteiger partial charge in [-0.05, 0) is 42.1 Å². The molecule has 0 saturated carbocycles. The number of sulfonamides is 1. The molecule has 2 N–H and O–H groups in total. The Bertz CT molecular complexity index is 1020.